The van der Waals surface area contributed by atoms with Crippen molar-refractivity contribution in [3.63, 3.8) is 0 Å². The number of halogens is 3. The zero-order chi connectivity index (χ0) is 18.0. The van der Waals surface area contributed by atoms with Gasteiger partial charge >= 0.3 is 6.36 Å². The van der Waals surface area contributed by atoms with E-state index >= 15 is 0 Å². The minimum atomic E-state index is -4.68. The molecule has 0 radical (unpaired) electrons. The molecule has 25 heavy (non-hydrogen) atoms. The smallest absolute Gasteiger partial charge is 0.406 e. The van der Waals surface area contributed by atoms with Crippen LogP contribution in [0.1, 0.15) is 23.9 Å². The van der Waals surface area contributed by atoms with E-state index < -0.39 is 6.36 Å². The number of aromatic nitrogens is 2. The second-order valence-electron chi connectivity index (χ2n) is 5.72. The fraction of sp³-hybridized carbons (Fsp3) is 0.278. The van der Waals surface area contributed by atoms with E-state index in [1.165, 1.54) is 12.1 Å². The molecule has 3 aromatic rings. The number of imidazole rings is 1. The summed E-state index contributed by atoms with van der Waals surface area (Å²) in [6.45, 7) is 4.58. The Morgan fingerprint density at radius 2 is 1.84 bits per heavy atom. The molecule has 0 bridgehead atoms. The Hall–Kier alpha value is -2.70. The second-order valence-corrected chi connectivity index (χ2v) is 5.72. The van der Waals surface area contributed by atoms with Gasteiger partial charge < -0.3 is 14.5 Å². The number of pyridine rings is 1. The second kappa shape index (κ2) is 6.66. The number of rotatable bonds is 5. The van der Waals surface area contributed by atoms with Crippen LogP contribution in [0.3, 0.4) is 0 Å². The first-order valence-corrected chi connectivity index (χ1v) is 7.92. The number of anilines is 1. The van der Waals surface area contributed by atoms with Crippen molar-refractivity contribution in [2.24, 2.45) is 0 Å². The summed E-state index contributed by atoms with van der Waals surface area (Å²) in [7, 11) is 0. The van der Waals surface area contributed by atoms with E-state index in [9.17, 15) is 13.2 Å². The Balaban J connectivity index is 1.77. The summed E-state index contributed by atoms with van der Waals surface area (Å²) < 4.78 is 42.5. The minimum absolute atomic E-state index is 0.238. The number of hydrogen-bond donors (Lipinski definition) is 1. The van der Waals surface area contributed by atoms with Crippen molar-refractivity contribution < 1.29 is 17.9 Å². The summed E-state index contributed by atoms with van der Waals surface area (Å²) in [5, 5.41) is 3.23. The summed E-state index contributed by atoms with van der Waals surface area (Å²) in [4.78, 5) is 4.62. The van der Waals surface area contributed by atoms with Crippen LogP contribution in [0.25, 0.3) is 5.65 Å². The van der Waals surface area contributed by atoms with E-state index in [-0.39, 0.29) is 5.75 Å². The fourth-order valence-electron chi connectivity index (χ4n) is 2.68. The molecule has 1 N–H and O–H groups in total. The first-order chi connectivity index (χ1) is 11.9. The van der Waals surface area contributed by atoms with E-state index in [1.807, 2.05) is 36.6 Å². The highest BCUT2D eigenvalue weighted by Gasteiger charge is 2.30. The molecule has 3 rings (SSSR count). The number of fused-ring (bicyclic) bond motifs is 1. The molecule has 0 aliphatic rings. The van der Waals surface area contributed by atoms with Crippen LogP contribution in [-0.2, 0) is 13.0 Å². The molecule has 0 amide bonds. The monoisotopic (exact) mass is 349 g/mol. The van der Waals surface area contributed by atoms with Crippen molar-refractivity contribution in [2.75, 3.05) is 5.32 Å². The van der Waals surface area contributed by atoms with Gasteiger partial charge in [0.15, 0.2) is 0 Å². The lowest BCUT2D eigenvalue weighted by molar-refractivity contribution is -0.274. The van der Waals surface area contributed by atoms with E-state index in [1.54, 1.807) is 12.1 Å². The third kappa shape index (κ3) is 4.04. The molecule has 0 spiro atoms. The predicted molar refractivity (Wildman–Crippen MR) is 89.8 cm³/mol. The zero-order valence-electron chi connectivity index (χ0n) is 13.9. The zero-order valence-corrected chi connectivity index (χ0v) is 13.9. The van der Waals surface area contributed by atoms with Crippen LogP contribution in [0.2, 0.25) is 0 Å². The lowest BCUT2D eigenvalue weighted by Crippen LogP contribution is -2.17. The van der Waals surface area contributed by atoms with Crippen molar-refractivity contribution >= 4 is 11.3 Å². The first kappa shape index (κ1) is 17.1. The fourth-order valence-corrected chi connectivity index (χ4v) is 2.68. The molecule has 7 heteroatoms. The average Bonchev–Trinajstić information content (AvgIpc) is 2.90. The van der Waals surface area contributed by atoms with Crippen molar-refractivity contribution in [1.82, 2.24) is 9.38 Å². The molecule has 0 saturated carbocycles. The van der Waals surface area contributed by atoms with Crippen LogP contribution in [0, 0.1) is 6.92 Å². The number of benzene rings is 1. The van der Waals surface area contributed by atoms with Crippen molar-refractivity contribution in [3.05, 3.63) is 59.5 Å². The Morgan fingerprint density at radius 3 is 2.48 bits per heavy atom. The number of aryl methyl sites for hydroxylation is 2. The van der Waals surface area contributed by atoms with E-state index in [0.29, 0.717) is 12.2 Å². The maximum atomic E-state index is 12.2. The van der Waals surface area contributed by atoms with Gasteiger partial charge in [0, 0.05) is 11.9 Å². The number of ether oxygens (including phenoxy) is 1. The normalized spacial score (nSPS) is 11.7. The molecular formula is C18H18F3N3O. The first-order valence-electron chi connectivity index (χ1n) is 7.92. The van der Waals surface area contributed by atoms with Gasteiger partial charge in [-0.05, 0) is 49.2 Å². The molecule has 0 fully saturated rings. The molecule has 0 aliphatic carbocycles. The lowest BCUT2D eigenvalue weighted by atomic mass is 10.2. The molecule has 132 valence electrons. The van der Waals surface area contributed by atoms with Crippen molar-refractivity contribution in [3.8, 4) is 5.75 Å². The van der Waals surface area contributed by atoms with E-state index in [2.05, 4.69) is 15.0 Å². The molecule has 2 aromatic heterocycles. The molecular weight excluding hydrogens is 331 g/mol. The highest BCUT2D eigenvalue weighted by Crippen LogP contribution is 2.24. The van der Waals surface area contributed by atoms with Gasteiger partial charge in [0.1, 0.15) is 11.4 Å². The quantitative estimate of drug-likeness (QED) is 0.725. The van der Waals surface area contributed by atoms with Gasteiger partial charge in [0.05, 0.1) is 17.9 Å². The SMILES string of the molecule is CCc1nc2ccc(C)cn2c1CNc1ccc(OC(F)(F)F)cc1. The van der Waals surface area contributed by atoms with Crippen molar-refractivity contribution in [2.45, 2.75) is 33.2 Å². The standard InChI is InChI=1S/C18H18F3N3O/c1-3-15-16(24-11-12(2)4-9-17(24)23-15)10-22-13-5-7-14(8-6-13)25-18(19,20)21/h4-9,11,22H,3,10H2,1-2H3. The van der Waals surface area contributed by atoms with Gasteiger partial charge in [-0.1, -0.05) is 13.0 Å². The number of nitrogens with one attached hydrogen (secondary N) is 1. The maximum absolute atomic E-state index is 12.2. The van der Waals surface area contributed by atoms with E-state index in [0.717, 1.165) is 29.0 Å². The summed E-state index contributed by atoms with van der Waals surface area (Å²) in [5.41, 5.74) is 4.75. The minimum Gasteiger partial charge on any atom is -0.406 e. The largest absolute Gasteiger partial charge is 0.573 e. The Labute approximate surface area is 143 Å². The highest BCUT2D eigenvalue weighted by atomic mass is 19.4. The van der Waals surface area contributed by atoms with Crippen LogP contribution in [0.4, 0.5) is 18.9 Å². The summed E-state index contributed by atoms with van der Waals surface area (Å²) in [6, 6.07) is 9.67. The number of nitrogens with zero attached hydrogens (tertiary/aromatic N) is 2. The highest BCUT2D eigenvalue weighted by molar-refractivity contribution is 5.49. The summed E-state index contributed by atoms with van der Waals surface area (Å²) in [6.07, 6.45) is -1.85. The van der Waals surface area contributed by atoms with Gasteiger partial charge in [-0.3, -0.25) is 0 Å². The third-order valence-corrected chi connectivity index (χ3v) is 3.83. The Kier molecular flexibility index (Phi) is 4.57. The summed E-state index contributed by atoms with van der Waals surface area (Å²) in [5.74, 6) is -0.238. The molecule has 2 heterocycles. The van der Waals surface area contributed by atoms with Crippen LogP contribution in [0.5, 0.6) is 5.75 Å². The molecule has 1 aromatic carbocycles. The maximum Gasteiger partial charge on any atom is 0.573 e. The van der Waals surface area contributed by atoms with Gasteiger partial charge in [-0.25, -0.2) is 4.98 Å². The number of hydrogen-bond acceptors (Lipinski definition) is 3. The van der Waals surface area contributed by atoms with Crippen LogP contribution < -0.4 is 10.1 Å². The molecule has 0 atom stereocenters. The molecule has 0 aliphatic heterocycles. The van der Waals surface area contributed by atoms with Gasteiger partial charge in [0.25, 0.3) is 0 Å². The van der Waals surface area contributed by atoms with Crippen molar-refractivity contribution in [1.29, 1.82) is 0 Å². The lowest BCUT2D eigenvalue weighted by Gasteiger charge is -2.11. The number of alkyl halides is 3. The molecule has 0 saturated heterocycles. The average molecular weight is 349 g/mol. The van der Waals surface area contributed by atoms with Crippen LogP contribution >= 0.6 is 0 Å². The van der Waals surface area contributed by atoms with Gasteiger partial charge in [-0.2, -0.15) is 0 Å². The Morgan fingerprint density at radius 1 is 1.12 bits per heavy atom. The summed E-state index contributed by atoms with van der Waals surface area (Å²) >= 11 is 0. The van der Waals surface area contributed by atoms with Gasteiger partial charge in [0.2, 0.25) is 0 Å². The predicted octanol–water partition coefficient (Wildman–Crippen LogP) is 4.72. The van der Waals surface area contributed by atoms with Gasteiger partial charge in [-0.15, -0.1) is 13.2 Å². The van der Waals surface area contributed by atoms with Crippen LogP contribution in [-0.4, -0.2) is 15.7 Å². The van der Waals surface area contributed by atoms with Crippen LogP contribution in [0.15, 0.2) is 42.6 Å². The Bertz CT molecular complexity index is 870. The third-order valence-electron chi connectivity index (χ3n) is 3.83. The molecule has 0 unspecified atom stereocenters. The topological polar surface area (TPSA) is 38.6 Å². The van der Waals surface area contributed by atoms with E-state index in [4.69, 9.17) is 0 Å². The molecule has 4 nitrogen and oxygen atoms in total.